The lowest BCUT2D eigenvalue weighted by Gasteiger charge is -2.22. The van der Waals surface area contributed by atoms with E-state index in [-0.39, 0.29) is 0 Å². The lowest BCUT2D eigenvalue weighted by molar-refractivity contribution is -0.304. The molecular weight excluding hydrogens is 199 g/mol. The predicted octanol–water partition coefficient (Wildman–Crippen LogP) is 1.95. The fourth-order valence-electron chi connectivity index (χ4n) is 0.917. The molecule has 1 heterocycles. The molecule has 78 valence electrons. The van der Waals surface area contributed by atoms with E-state index in [1.54, 1.807) is 0 Å². The van der Waals surface area contributed by atoms with Crippen LogP contribution in [-0.2, 0) is 9.47 Å². The van der Waals surface area contributed by atoms with Gasteiger partial charge in [0.15, 0.2) is 13.3 Å². The number of rotatable bonds is 2. The highest BCUT2D eigenvalue weighted by Crippen LogP contribution is 2.47. The predicted molar refractivity (Wildman–Crippen MR) is 31.3 cm³/mol. The zero-order valence-corrected chi connectivity index (χ0v) is 6.62. The number of hydrogen-bond donors (Lipinski definition) is 0. The summed E-state index contributed by atoms with van der Waals surface area (Å²) in [6, 6.07) is -3.55. The molecule has 13 heavy (non-hydrogen) atoms. The molecule has 0 spiro atoms. The maximum Gasteiger partial charge on any atom is 0.355 e. The van der Waals surface area contributed by atoms with Gasteiger partial charge in [-0.05, 0) is 0 Å². The van der Waals surface area contributed by atoms with Gasteiger partial charge in [0.25, 0.3) is 5.85 Å². The number of hydrogen-bond acceptors (Lipinski definition) is 2. The average Bonchev–Trinajstić information content (AvgIpc) is 2.20. The molecule has 0 aromatic carbocycles. The molecule has 1 saturated heterocycles. The summed E-state index contributed by atoms with van der Waals surface area (Å²) in [5.41, 5.74) is 0. The van der Waals surface area contributed by atoms with Crippen LogP contribution in [0.4, 0.5) is 22.0 Å². The Bertz CT molecular complexity index is 211. The van der Waals surface area contributed by atoms with E-state index in [1.165, 1.54) is 0 Å². The molecule has 3 unspecified atom stereocenters. The van der Waals surface area contributed by atoms with E-state index in [0.717, 1.165) is 0 Å². The van der Waals surface area contributed by atoms with Gasteiger partial charge in [-0.1, -0.05) is 0 Å². The van der Waals surface area contributed by atoms with E-state index in [0.29, 0.717) is 6.92 Å². The summed E-state index contributed by atoms with van der Waals surface area (Å²) < 4.78 is 69.7. The minimum atomic E-state index is -3.60. The first-order valence-electron chi connectivity index (χ1n) is 3.38. The van der Waals surface area contributed by atoms with Gasteiger partial charge in [-0.25, -0.2) is 17.6 Å². The molecule has 0 N–H and O–H groups in total. The van der Waals surface area contributed by atoms with Gasteiger partial charge in [0.05, 0.1) is 0 Å². The molecule has 0 aromatic rings. The van der Waals surface area contributed by atoms with Crippen LogP contribution in [0.2, 0.25) is 0 Å². The second-order valence-electron chi connectivity index (χ2n) is 2.78. The molecule has 0 bridgehead atoms. The highest BCUT2D eigenvalue weighted by molar-refractivity contribution is 4.90. The van der Waals surface area contributed by atoms with Gasteiger partial charge in [0.1, 0.15) is 0 Å². The van der Waals surface area contributed by atoms with Crippen molar-refractivity contribution < 1.29 is 31.4 Å². The smallest absolute Gasteiger partial charge is 0.279 e. The molecule has 2 nitrogen and oxygen atoms in total. The summed E-state index contributed by atoms with van der Waals surface area (Å²) >= 11 is 0. The van der Waals surface area contributed by atoms with Crippen molar-refractivity contribution in [3.63, 3.8) is 0 Å². The first kappa shape index (κ1) is 10.6. The summed E-state index contributed by atoms with van der Waals surface area (Å²) in [7, 11) is 0. The normalized spacial score (nSPS) is 51.2. The molecule has 0 radical (unpaired) electrons. The molecule has 1 aliphatic rings. The molecule has 0 amide bonds. The van der Waals surface area contributed by atoms with Crippen molar-refractivity contribution in [2.75, 3.05) is 13.3 Å². The third kappa shape index (κ3) is 1.50. The highest BCUT2D eigenvalue weighted by Gasteiger charge is 2.68. The first-order valence-corrected chi connectivity index (χ1v) is 3.38. The average molecular weight is 206 g/mol. The lowest BCUT2D eigenvalue weighted by atomic mass is 10.2. The molecule has 0 aliphatic carbocycles. The Morgan fingerprint density at radius 1 is 1.00 bits per heavy atom. The van der Waals surface area contributed by atoms with Crippen molar-refractivity contribution in [1.82, 2.24) is 0 Å². The van der Waals surface area contributed by atoms with Crippen LogP contribution in [-0.4, -0.2) is 31.1 Å². The van der Waals surface area contributed by atoms with E-state index in [1.807, 2.05) is 0 Å². The van der Waals surface area contributed by atoms with Crippen molar-refractivity contribution in [3.05, 3.63) is 0 Å². The molecule has 7 heteroatoms. The fraction of sp³-hybridized carbons (Fsp3) is 1.00. The van der Waals surface area contributed by atoms with Crippen LogP contribution >= 0.6 is 0 Å². The maximum atomic E-state index is 13.0. The van der Waals surface area contributed by atoms with Crippen LogP contribution in [0, 0.1) is 0 Å². The Balaban J connectivity index is 2.92. The zero-order chi connectivity index (χ0) is 10.3. The SMILES string of the molecule is CC1(F)OC(F)(CF)OC1(F)CF. The first-order chi connectivity index (χ1) is 5.79. The van der Waals surface area contributed by atoms with Gasteiger partial charge in [0, 0.05) is 6.92 Å². The molecule has 1 rings (SSSR count). The maximum absolute atomic E-state index is 13.0. The second kappa shape index (κ2) is 2.78. The van der Waals surface area contributed by atoms with E-state index >= 15 is 0 Å². The van der Waals surface area contributed by atoms with E-state index in [2.05, 4.69) is 9.47 Å². The van der Waals surface area contributed by atoms with E-state index in [9.17, 15) is 22.0 Å². The Hall–Kier alpha value is -0.430. The largest absolute Gasteiger partial charge is 0.355 e. The van der Waals surface area contributed by atoms with Gasteiger partial charge in [-0.15, -0.1) is 0 Å². The topological polar surface area (TPSA) is 18.5 Å². The molecule has 3 atom stereocenters. The van der Waals surface area contributed by atoms with Crippen molar-refractivity contribution in [3.8, 4) is 0 Å². The quantitative estimate of drug-likeness (QED) is 0.643. The van der Waals surface area contributed by atoms with Crippen LogP contribution < -0.4 is 0 Å². The van der Waals surface area contributed by atoms with Crippen LogP contribution in [0.15, 0.2) is 0 Å². The molecule has 1 aliphatic heterocycles. The fourth-order valence-corrected chi connectivity index (χ4v) is 0.917. The Labute approximate surface area is 70.6 Å². The van der Waals surface area contributed by atoms with Crippen molar-refractivity contribution in [2.45, 2.75) is 24.7 Å². The summed E-state index contributed by atoms with van der Waals surface area (Å²) in [6.45, 7) is -3.46. The Kier molecular flexibility index (Phi) is 2.28. The molecule has 0 saturated carbocycles. The summed E-state index contributed by atoms with van der Waals surface area (Å²) in [6.07, 6.45) is 0. The minimum Gasteiger partial charge on any atom is -0.279 e. The van der Waals surface area contributed by atoms with Gasteiger partial charge in [-0.3, -0.25) is 9.47 Å². The third-order valence-corrected chi connectivity index (χ3v) is 1.66. The van der Waals surface area contributed by atoms with Crippen molar-refractivity contribution in [2.24, 2.45) is 0 Å². The second-order valence-corrected chi connectivity index (χ2v) is 2.78. The monoisotopic (exact) mass is 206 g/mol. The minimum absolute atomic E-state index is 0.420. The lowest BCUT2D eigenvalue weighted by Crippen LogP contribution is -2.44. The zero-order valence-electron chi connectivity index (χ0n) is 6.62. The van der Waals surface area contributed by atoms with Crippen LogP contribution in [0.3, 0.4) is 0 Å². The molecule has 0 aromatic heterocycles. The third-order valence-electron chi connectivity index (χ3n) is 1.66. The van der Waals surface area contributed by atoms with Gasteiger partial charge < -0.3 is 0 Å². The number of alkyl halides is 5. The van der Waals surface area contributed by atoms with Crippen LogP contribution in [0.1, 0.15) is 6.92 Å². The highest BCUT2D eigenvalue weighted by atomic mass is 19.2. The van der Waals surface area contributed by atoms with E-state index in [4.69, 9.17) is 0 Å². The van der Waals surface area contributed by atoms with Gasteiger partial charge in [-0.2, -0.15) is 4.39 Å². The Morgan fingerprint density at radius 3 is 1.77 bits per heavy atom. The van der Waals surface area contributed by atoms with Crippen LogP contribution in [0.25, 0.3) is 0 Å². The van der Waals surface area contributed by atoms with E-state index < -0.39 is 31.1 Å². The Morgan fingerprint density at radius 2 is 1.54 bits per heavy atom. The summed E-state index contributed by atoms with van der Waals surface area (Å²) in [5, 5.41) is 0. The summed E-state index contributed by atoms with van der Waals surface area (Å²) in [5.74, 6) is -6.95. The van der Waals surface area contributed by atoms with Crippen molar-refractivity contribution >= 4 is 0 Å². The molecular formula is C6H7F5O2. The summed E-state index contributed by atoms with van der Waals surface area (Å²) in [4.78, 5) is 0. The van der Waals surface area contributed by atoms with Gasteiger partial charge >= 0.3 is 11.9 Å². The molecule has 1 fully saturated rings. The standard InChI is InChI=1S/C6H7F5O2/c1-4(9)5(10,2-7)13-6(11,3-8)12-4/h2-3H2,1H3. The number of ether oxygens (including phenoxy) is 2. The van der Waals surface area contributed by atoms with Crippen LogP contribution in [0.5, 0.6) is 0 Å². The van der Waals surface area contributed by atoms with Crippen molar-refractivity contribution in [1.29, 1.82) is 0 Å². The number of halogens is 5. The van der Waals surface area contributed by atoms with Gasteiger partial charge in [0.2, 0.25) is 0 Å².